The van der Waals surface area contributed by atoms with E-state index in [1.54, 1.807) is 31.2 Å². The molecule has 1 aromatic heterocycles. The molecule has 0 aliphatic heterocycles. The highest BCUT2D eigenvalue weighted by Gasteiger charge is 2.15. The van der Waals surface area contributed by atoms with Gasteiger partial charge in [-0.25, -0.2) is 9.37 Å². The van der Waals surface area contributed by atoms with E-state index in [1.807, 2.05) is 5.38 Å². The Bertz CT molecular complexity index is 912. The van der Waals surface area contributed by atoms with E-state index in [9.17, 15) is 14.5 Å². The Morgan fingerprint density at radius 3 is 2.65 bits per heavy atom. The fourth-order valence-corrected chi connectivity index (χ4v) is 2.89. The second-order valence-corrected chi connectivity index (χ2v) is 6.43. The molecule has 6 nitrogen and oxygen atoms in total. The smallest absolute Gasteiger partial charge is 0.311 e. The minimum atomic E-state index is -0.467. The van der Waals surface area contributed by atoms with E-state index in [-0.39, 0.29) is 30.5 Å². The lowest BCUT2D eigenvalue weighted by Gasteiger charge is -2.06. The number of halogens is 1. The van der Waals surface area contributed by atoms with Gasteiger partial charge in [-0.15, -0.1) is 11.3 Å². The van der Waals surface area contributed by atoms with Crippen LogP contribution < -0.4 is 9.47 Å². The Morgan fingerprint density at radius 2 is 1.92 bits per heavy atom. The van der Waals surface area contributed by atoms with Crippen molar-refractivity contribution in [3.05, 3.63) is 80.0 Å². The predicted octanol–water partition coefficient (Wildman–Crippen LogP) is 4.66. The molecule has 0 unspecified atom stereocenters. The number of aromatic nitrogens is 1. The zero-order chi connectivity index (χ0) is 18.5. The lowest BCUT2D eigenvalue weighted by Crippen LogP contribution is -2.01. The number of nitro benzene ring substituents is 1. The number of nitrogens with zero attached hydrogens (tertiary/aromatic N) is 2. The van der Waals surface area contributed by atoms with Crippen LogP contribution in [0.2, 0.25) is 0 Å². The molecule has 0 fully saturated rings. The number of ether oxygens (including phenoxy) is 2. The van der Waals surface area contributed by atoms with Crippen LogP contribution in [0.3, 0.4) is 0 Å². The highest BCUT2D eigenvalue weighted by Crippen LogP contribution is 2.28. The summed E-state index contributed by atoms with van der Waals surface area (Å²) in [6.45, 7) is 2.16. The quantitative estimate of drug-likeness (QED) is 0.444. The van der Waals surface area contributed by atoms with E-state index < -0.39 is 4.92 Å². The first kappa shape index (κ1) is 17.8. The molecule has 0 aliphatic carbocycles. The highest BCUT2D eigenvalue weighted by molar-refractivity contribution is 7.09. The summed E-state index contributed by atoms with van der Waals surface area (Å²) >= 11 is 1.40. The second-order valence-electron chi connectivity index (χ2n) is 5.49. The third-order valence-corrected chi connectivity index (χ3v) is 4.33. The molecule has 0 amide bonds. The number of thiazole rings is 1. The summed E-state index contributed by atoms with van der Waals surface area (Å²) in [5, 5.41) is 13.6. The molecule has 8 heteroatoms. The highest BCUT2D eigenvalue weighted by atomic mass is 32.1. The molecule has 2 aromatic carbocycles. The van der Waals surface area contributed by atoms with Gasteiger partial charge in [0.05, 0.1) is 10.6 Å². The van der Waals surface area contributed by atoms with Crippen LogP contribution in [0, 0.1) is 22.9 Å². The molecule has 0 radical (unpaired) electrons. The normalized spacial score (nSPS) is 10.5. The van der Waals surface area contributed by atoms with Crippen LogP contribution in [0.25, 0.3) is 0 Å². The Morgan fingerprint density at radius 1 is 1.15 bits per heavy atom. The van der Waals surface area contributed by atoms with Gasteiger partial charge in [0.25, 0.3) is 0 Å². The molecule has 3 rings (SSSR count). The Labute approximate surface area is 153 Å². The summed E-state index contributed by atoms with van der Waals surface area (Å²) in [5.41, 5.74) is 1.38. The van der Waals surface area contributed by atoms with Gasteiger partial charge >= 0.3 is 5.69 Å². The van der Waals surface area contributed by atoms with Crippen LogP contribution in [-0.4, -0.2) is 9.91 Å². The molecular weight excluding hydrogens is 359 g/mol. The first-order chi connectivity index (χ1) is 12.5. The fraction of sp³-hybridized carbons (Fsp3) is 0.167. The predicted molar refractivity (Wildman–Crippen MR) is 95.0 cm³/mol. The van der Waals surface area contributed by atoms with E-state index in [0.717, 1.165) is 10.6 Å². The van der Waals surface area contributed by atoms with Gasteiger partial charge in [0, 0.05) is 11.4 Å². The number of aryl methyl sites for hydroxylation is 1. The van der Waals surface area contributed by atoms with Crippen molar-refractivity contribution in [2.24, 2.45) is 0 Å². The third kappa shape index (κ3) is 4.54. The average Bonchev–Trinajstić information content (AvgIpc) is 3.08. The average molecular weight is 374 g/mol. The summed E-state index contributed by atoms with van der Waals surface area (Å²) < 4.78 is 23.9. The SMILES string of the molecule is Cc1ccc(OCc2csc(COc3ccc(F)cc3)n2)c([N+](=O)[O-])c1. The van der Waals surface area contributed by atoms with Gasteiger partial charge in [-0.2, -0.15) is 0 Å². The van der Waals surface area contributed by atoms with E-state index in [0.29, 0.717) is 11.4 Å². The minimum Gasteiger partial charge on any atom is -0.486 e. The van der Waals surface area contributed by atoms with Gasteiger partial charge < -0.3 is 9.47 Å². The molecule has 0 bridgehead atoms. The van der Waals surface area contributed by atoms with Gasteiger partial charge in [-0.05, 0) is 42.8 Å². The second kappa shape index (κ2) is 7.92. The number of rotatable bonds is 7. The zero-order valence-electron chi connectivity index (χ0n) is 13.8. The molecule has 0 saturated heterocycles. The molecule has 3 aromatic rings. The van der Waals surface area contributed by atoms with Gasteiger partial charge in [0.2, 0.25) is 0 Å². The minimum absolute atomic E-state index is 0.0694. The van der Waals surface area contributed by atoms with E-state index in [4.69, 9.17) is 9.47 Å². The molecular formula is C18H15FN2O4S. The van der Waals surface area contributed by atoms with Gasteiger partial charge in [-0.3, -0.25) is 10.1 Å². The standard InChI is InChI=1S/C18H15FN2O4S/c1-12-2-7-17(16(8-12)21(22)23)25-9-14-11-26-18(20-14)10-24-15-5-3-13(19)4-6-15/h2-8,11H,9-10H2,1H3. The number of hydrogen-bond donors (Lipinski definition) is 0. The molecule has 1 heterocycles. The number of benzene rings is 2. The van der Waals surface area contributed by atoms with Crippen LogP contribution in [0.1, 0.15) is 16.3 Å². The molecule has 0 saturated carbocycles. The van der Waals surface area contributed by atoms with Crippen LogP contribution in [0.15, 0.2) is 47.8 Å². The fourth-order valence-electron chi connectivity index (χ4n) is 2.20. The van der Waals surface area contributed by atoms with Crippen molar-refractivity contribution < 1.29 is 18.8 Å². The first-order valence-corrected chi connectivity index (χ1v) is 8.59. The van der Waals surface area contributed by atoms with Gasteiger partial charge in [0.15, 0.2) is 5.75 Å². The zero-order valence-corrected chi connectivity index (χ0v) is 14.7. The van der Waals surface area contributed by atoms with Crippen LogP contribution in [0.4, 0.5) is 10.1 Å². The number of hydrogen-bond acceptors (Lipinski definition) is 6. The van der Waals surface area contributed by atoms with Crippen molar-refractivity contribution in [3.8, 4) is 11.5 Å². The van der Waals surface area contributed by atoms with E-state index in [2.05, 4.69) is 4.98 Å². The summed E-state index contributed by atoms with van der Waals surface area (Å²) in [4.78, 5) is 15.0. The molecule has 0 N–H and O–H groups in total. The molecule has 0 atom stereocenters. The van der Waals surface area contributed by atoms with E-state index >= 15 is 0 Å². The van der Waals surface area contributed by atoms with Crippen LogP contribution in [-0.2, 0) is 13.2 Å². The molecule has 0 aliphatic rings. The van der Waals surface area contributed by atoms with Crippen molar-refractivity contribution >= 4 is 17.0 Å². The van der Waals surface area contributed by atoms with Crippen molar-refractivity contribution in [3.63, 3.8) is 0 Å². The Kier molecular flexibility index (Phi) is 5.43. The maximum atomic E-state index is 12.9. The summed E-state index contributed by atoms with van der Waals surface area (Å²) in [6, 6.07) is 10.5. The Hall–Kier alpha value is -3.00. The Balaban J connectivity index is 1.59. The number of nitro groups is 1. The van der Waals surface area contributed by atoms with Crippen LogP contribution >= 0.6 is 11.3 Å². The molecule has 26 heavy (non-hydrogen) atoms. The maximum absolute atomic E-state index is 12.9. The van der Waals surface area contributed by atoms with Crippen molar-refractivity contribution in [2.45, 2.75) is 20.1 Å². The van der Waals surface area contributed by atoms with Crippen molar-refractivity contribution in [1.82, 2.24) is 4.98 Å². The lowest BCUT2D eigenvalue weighted by atomic mass is 10.2. The first-order valence-electron chi connectivity index (χ1n) is 7.71. The summed E-state index contributed by atoms with van der Waals surface area (Å²) in [6.07, 6.45) is 0. The van der Waals surface area contributed by atoms with Gasteiger partial charge in [0.1, 0.15) is 29.8 Å². The van der Waals surface area contributed by atoms with Crippen molar-refractivity contribution in [2.75, 3.05) is 0 Å². The molecule has 134 valence electrons. The maximum Gasteiger partial charge on any atom is 0.311 e. The van der Waals surface area contributed by atoms with Gasteiger partial charge in [-0.1, -0.05) is 6.07 Å². The summed E-state index contributed by atoms with van der Waals surface area (Å²) in [5.74, 6) is 0.434. The lowest BCUT2D eigenvalue weighted by molar-refractivity contribution is -0.386. The third-order valence-electron chi connectivity index (χ3n) is 3.46. The summed E-state index contributed by atoms with van der Waals surface area (Å²) in [7, 11) is 0. The van der Waals surface area contributed by atoms with E-state index in [1.165, 1.54) is 29.5 Å². The van der Waals surface area contributed by atoms with Crippen LogP contribution in [0.5, 0.6) is 11.5 Å². The largest absolute Gasteiger partial charge is 0.486 e. The molecule has 0 spiro atoms. The topological polar surface area (TPSA) is 74.5 Å². The van der Waals surface area contributed by atoms with Crippen molar-refractivity contribution in [1.29, 1.82) is 0 Å². The monoisotopic (exact) mass is 374 g/mol.